The molecule has 2 atom stereocenters. The second-order valence-corrected chi connectivity index (χ2v) is 9.14. The third kappa shape index (κ3) is 5.02. The van der Waals surface area contributed by atoms with E-state index in [1.807, 2.05) is 11.3 Å². The molecule has 2 unspecified atom stereocenters. The Balaban J connectivity index is 0.00000231. The van der Waals surface area contributed by atoms with E-state index >= 15 is 0 Å². The summed E-state index contributed by atoms with van der Waals surface area (Å²) in [5.41, 5.74) is 4.22. The highest BCUT2D eigenvalue weighted by molar-refractivity contribution is 7.17. The third-order valence-corrected chi connectivity index (χ3v) is 7.33. The second-order valence-electron chi connectivity index (χ2n) is 8.23. The highest BCUT2D eigenvalue weighted by atomic mass is 35.5. The number of nitrogens with one attached hydrogen (secondary N) is 2. The SMILES string of the molecule is Cl.c1ccc(C(c2ccccc2)C2CCC(NCc3csc4ccccc34)CN2)cc1. The van der Waals surface area contributed by atoms with Crippen molar-refractivity contribution in [1.29, 1.82) is 0 Å². The van der Waals surface area contributed by atoms with E-state index in [4.69, 9.17) is 0 Å². The quantitative estimate of drug-likeness (QED) is 0.358. The number of hydrogen-bond acceptors (Lipinski definition) is 3. The molecule has 2 heterocycles. The summed E-state index contributed by atoms with van der Waals surface area (Å²) in [6.07, 6.45) is 2.38. The Bertz CT molecular complexity index is 1030. The van der Waals surface area contributed by atoms with Gasteiger partial charge in [0, 0.05) is 35.8 Å². The van der Waals surface area contributed by atoms with E-state index in [0.29, 0.717) is 18.0 Å². The summed E-state index contributed by atoms with van der Waals surface area (Å²) in [5.74, 6) is 0.397. The lowest BCUT2D eigenvalue weighted by molar-refractivity contribution is 0.308. The van der Waals surface area contributed by atoms with Crippen LogP contribution in [-0.4, -0.2) is 18.6 Å². The third-order valence-electron chi connectivity index (χ3n) is 6.31. The Hall–Kier alpha value is -2.17. The average molecular weight is 449 g/mol. The number of fused-ring (bicyclic) bond motifs is 1. The highest BCUT2D eigenvalue weighted by Crippen LogP contribution is 2.32. The molecule has 2 nitrogen and oxygen atoms in total. The molecule has 2 N–H and O–H groups in total. The van der Waals surface area contributed by atoms with E-state index in [-0.39, 0.29) is 12.4 Å². The first-order valence-corrected chi connectivity index (χ1v) is 11.8. The fourth-order valence-electron chi connectivity index (χ4n) is 4.74. The fourth-order valence-corrected chi connectivity index (χ4v) is 5.70. The number of thiophene rings is 1. The van der Waals surface area contributed by atoms with E-state index in [1.165, 1.54) is 39.6 Å². The maximum absolute atomic E-state index is 3.87. The molecule has 4 aromatic rings. The number of benzene rings is 3. The van der Waals surface area contributed by atoms with Crippen LogP contribution in [0.5, 0.6) is 0 Å². The van der Waals surface area contributed by atoms with Crippen LogP contribution in [0, 0.1) is 0 Å². The molecule has 0 amide bonds. The first kappa shape index (κ1) is 22.0. The largest absolute Gasteiger partial charge is 0.311 e. The molecule has 3 aromatic carbocycles. The molecule has 0 aliphatic carbocycles. The van der Waals surface area contributed by atoms with Crippen molar-refractivity contribution in [1.82, 2.24) is 10.6 Å². The minimum absolute atomic E-state index is 0. The maximum atomic E-state index is 3.87. The molecule has 1 aromatic heterocycles. The molecular formula is C27H29ClN2S. The van der Waals surface area contributed by atoms with Gasteiger partial charge in [0.15, 0.2) is 0 Å². The van der Waals surface area contributed by atoms with Gasteiger partial charge in [-0.3, -0.25) is 0 Å². The molecule has 1 aliphatic rings. The van der Waals surface area contributed by atoms with Gasteiger partial charge in [0.25, 0.3) is 0 Å². The van der Waals surface area contributed by atoms with Crippen molar-refractivity contribution < 1.29 is 0 Å². The van der Waals surface area contributed by atoms with Gasteiger partial charge in [0.05, 0.1) is 0 Å². The lowest BCUT2D eigenvalue weighted by Crippen LogP contribution is -2.49. The molecule has 31 heavy (non-hydrogen) atoms. The minimum Gasteiger partial charge on any atom is -0.311 e. The smallest absolute Gasteiger partial charge is 0.0346 e. The Morgan fingerprint density at radius 3 is 2.13 bits per heavy atom. The molecular weight excluding hydrogens is 420 g/mol. The van der Waals surface area contributed by atoms with Crippen molar-refractivity contribution in [2.45, 2.75) is 37.4 Å². The Morgan fingerprint density at radius 2 is 1.48 bits per heavy atom. The fraction of sp³-hybridized carbons (Fsp3) is 0.259. The summed E-state index contributed by atoms with van der Waals surface area (Å²) in [7, 11) is 0. The molecule has 0 radical (unpaired) electrons. The van der Waals surface area contributed by atoms with Gasteiger partial charge in [0.2, 0.25) is 0 Å². The van der Waals surface area contributed by atoms with Crippen LogP contribution in [0.15, 0.2) is 90.3 Å². The number of rotatable bonds is 6. The summed E-state index contributed by atoms with van der Waals surface area (Å²) in [5, 5.41) is 11.4. The Kier molecular flexibility index (Phi) is 7.41. The maximum Gasteiger partial charge on any atom is 0.0346 e. The predicted molar refractivity (Wildman–Crippen MR) is 135 cm³/mol. The second kappa shape index (κ2) is 10.4. The van der Waals surface area contributed by atoms with Gasteiger partial charge in [-0.05, 0) is 46.4 Å². The summed E-state index contributed by atoms with van der Waals surface area (Å²) >= 11 is 1.84. The molecule has 1 fully saturated rings. The van der Waals surface area contributed by atoms with Gasteiger partial charge in [-0.2, -0.15) is 0 Å². The zero-order valence-corrected chi connectivity index (χ0v) is 19.2. The summed E-state index contributed by atoms with van der Waals surface area (Å²) < 4.78 is 1.38. The average Bonchev–Trinajstić information content (AvgIpc) is 3.23. The summed E-state index contributed by atoms with van der Waals surface area (Å²) in [4.78, 5) is 0. The van der Waals surface area contributed by atoms with Crippen molar-refractivity contribution in [2.24, 2.45) is 0 Å². The minimum atomic E-state index is 0. The van der Waals surface area contributed by atoms with Gasteiger partial charge < -0.3 is 10.6 Å². The predicted octanol–water partition coefficient (Wildman–Crippen LogP) is 6.37. The Labute approximate surface area is 195 Å². The van der Waals surface area contributed by atoms with Crippen molar-refractivity contribution >= 4 is 33.8 Å². The molecule has 0 saturated carbocycles. The molecule has 0 bridgehead atoms. The van der Waals surface area contributed by atoms with Gasteiger partial charge in [0.1, 0.15) is 0 Å². The lowest BCUT2D eigenvalue weighted by atomic mass is 9.81. The van der Waals surface area contributed by atoms with Crippen LogP contribution in [0.25, 0.3) is 10.1 Å². The van der Waals surface area contributed by atoms with E-state index in [1.54, 1.807) is 0 Å². The van der Waals surface area contributed by atoms with E-state index < -0.39 is 0 Å². The molecule has 5 rings (SSSR count). The van der Waals surface area contributed by atoms with Crippen molar-refractivity contribution in [3.63, 3.8) is 0 Å². The molecule has 1 aliphatic heterocycles. The van der Waals surface area contributed by atoms with E-state index in [9.17, 15) is 0 Å². The zero-order valence-electron chi connectivity index (χ0n) is 17.5. The van der Waals surface area contributed by atoms with Gasteiger partial charge in [-0.25, -0.2) is 0 Å². The van der Waals surface area contributed by atoms with Crippen LogP contribution < -0.4 is 10.6 Å². The molecule has 1 saturated heterocycles. The normalized spacial score (nSPS) is 18.7. The molecule has 160 valence electrons. The van der Waals surface area contributed by atoms with Crippen LogP contribution in [0.1, 0.15) is 35.4 Å². The van der Waals surface area contributed by atoms with Crippen LogP contribution in [0.2, 0.25) is 0 Å². The molecule has 0 spiro atoms. The van der Waals surface area contributed by atoms with Crippen LogP contribution in [0.4, 0.5) is 0 Å². The molecule has 4 heteroatoms. The highest BCUT2D eigenvalue weighted by Gasteiger charge is 2.29. The zero-order chi connectivity index (χ0) is 20.2. The summed E-state index contributed by atoms with van der Waals surface area (Å²) in [6, 6.07) is 31.6. The van der Waals surface area contributed by atoms with Gasteiger partial charge in [-0.1, -0.05) is 78.9 Å². The lowest BCUT2D eigenvalue weighted by Gasteiger charge is -2.36. The van der Waals surface area contributed by atoms with Crippen LogP contribution in [0.3, 0.4) is 0 Å². The van der Waals surface area contributed by atoms with E-state index in [0.717, 1.165) is 13.1 Å². The first-order chi connectivity index (χ1) is 14.9. The van der Waals surface area contributed by atoms with Gasteiger partial charge in [-0.15, -0.1) is 23.7 Å². The monoisotopic (exact) mass is 448 g/mol. The topological polar surface area (TPSA) is 24.1 Å². The standard InChI is InChI=1S/C27H28N2S.ClH/c1-3-9-20(10-4-1)27(21-11-5-2-6-12-21)25-16-15-23(18-29-25)28-17-22-19-30-26-14-8-7-13-24(22)26;/h1-14,19,23,25,27-29H,15-18H2;1H. The van der Waals surface area contributed by atoms with E-state index in [2.05, 4.69) is 101 Å². The van der Waals surface area contributed by atoms with Crippen LogP contribution in [-0.2, 0) is 6.54 Å². The summed E-state index contributed by atoms with van der Waals surface area (Å²) in [6.45, 7) is 1.96. The number of piperidine rings is 1. The number of hydrogen-bond donors (Lipinski definition) is 2. The van der Waals surface area contributed by atoms with Crippen molar-refractivity contribution in [3.05, 3.63) is 107 Å². The first-order valence-electron chi connectivity index (χ1n) is 10.9. The van der Waals surface area contributed by atoms with Gasteiger partial charge >= 0.3 is 0 Å². The Morgan fingerprint density at radius 1 is 0.839 bits per heavy atom. The van der Waals surface area contributed by atoms with Crippen molar-refractivity contribution in [2.75, 3.05) is 6.54 Å². The number of halogens is 1. The van der Waals surface area contributed by atoms with Crippen LogP contribution >= 0.6 is 23.7 Å². The van der Waals surface area contributed by atoms with Crippen molar-refractivity contribution in [3.8, 4) is 0 Å².